The Morgan fingerprint density at radius 2 is 2.00 bits per heavy atom. The maximum absolute atomic E-state index is 2.32. The van der Waals surface area contributed by atoms with Gasteiger partial charge in [-0.1, -0.05) is 0 Å². The molecule has 0 aromatic heterocycles. The van der Waals surface area contributed by atoms with Gasteiger partial charge in [0.25, 0.3) is 0 Å². The van der Waals surface area contributed by atoms with Gasteiger partial charge in [0.2, 0.25) is 0 Å². The number of hydrogen-bond acceptors (Lipinski definition) is 0. The molecule has 1 rings (SSSR count). The third-order valence-corrected chi connectivity index (χ3v) is 4.35. The fourth-order valence-corrected chi connectivity index (χ4v) is 3.22. The molecule has 42 valence electrons. The van der Waals surface area contributed by atoms with Crippen molar-refractivity contribution in [3.05, 3.63) is 24.3 Å². The van der Waals surface area contributed by atoms with Crippen LogP contribution in [0.25, 0.3) is 0 Å². The number of allylic oxidation sites excluding steroid dienone is 4. The Labute approximate surface area is 58.5 Å². The fourth-order valence-electron chi connectivity index (χ4n) is 0.878. The van der Waals surface area contributed by atoms with E-state index in [2.05, 4.69) is 31.2 Å². The quantitative estimate of drug-likeness (QED) is 0.547. The van der Waals surface area contributed by atoms with E-state index in [4.69, 9.17) is 0 Å². The molecular formula is C7H10Ga-. The van der Waals surface area contributed by atoms with Crippen LogP contribution in [0.15, 0.2) is 24.3 Å². The van der Waals surface area contributed by atoms with Crippen molar-refractivity contribution in [2.24, 2.45) is 0 Å². The van der Waals surface area contributed by atoms with Crippen molar-refractivity contribution in [2.75, 3.05) is 0 Å². The fraction of sp³-hybridized carbons (Fsp3) is 0.429. The van der Waals surface area contributed by atoms with Crippen LogP contribution in [0.4, 0.5) is 0 Å². The van der Waals surface area contributed by atoms with E-state index < -0.39 is 0 Å². The van der Waals surface area contributed by atoms with E-state index in [1.54, 1.807) is 0 Å². The second-order valence-corrected chi connectivity index (χ2v) is 6.31. The van der Waals surface area contributed by atoms with Crippen LogP contribution >= 0.6 is 0 Å². The molecule has 1 heteroatoms. The minimum atomic E-state index is 0.0885. The average Bonchev–Trinajstić information content (AvgIpc) is 2.19. The molecule has 0 aliphatic heterocycles. The van der Waals surface area contributed by atoms with E-state index in [1.165, 1.54) is 4.98 Å². The van der Waals surface area contributed by atoms with Crippen molar-refractivity contribution in [2.45, 2.75) is 16.4 Å². The van der Waals surface area contributed by atoms with E-state index in [-0.39, 0.29) is 17.4 Å². The van der Waals surface area contributed by atoms with Crippen molar-refractivity contribution in [1.29, 1.82) is 0 Å². The van der Waals surface area contributed by atoms with Gasteiger partial charge in [-0.25, -0.2) is 0 Å². The number of hydrogen-bond donors (Lipinski definition) is 0. The van der Waals surface area contributed by atoms with Crippen LogP contribution in [0.2, 0.25) is 9.45 Å². The van der Waals surface area contributed by atoms with E-state index in [1.807, 2.05) is 0 Å². The summed E-state index contributed by atoms with van der Waals surface area (Å²) in [6.07, 6.45) is 8.97. The monoisotopic (exact) mass is 163 g/mol. The molecule has 8 heavy (non-hydrogen) atoms. The van der Waals surface area contributed by atoms with Gasteiger partial charge >= 0.3 is 58.1 Å². The summed E-state index contributed by atoms with van der Waals surface area (Å²) in [6, 6.07) is 0. The predicted octanol–water partition coefficient (Wildman–Crippen LogP) is 2.04. The summed E-state index contributed by atoms with van der Waals surface area (Å²) in [7, 11) is 0. The van der Waals surface area contributed by atoms with Crippen LogP contribution in [0.5, 0.6) is 0 Å². The van der Waals surface area contributed by atoms with Gasteiger partial charge in [0.15, 0.2) is 0 Å². The summed E-state index contributed by atoms with van der Waals surface area (Å²) in [5.74, 6) is 0. The molecule has 0 aromatic carbocycles. The van der Waals surface area contributed by atoms with Crippen molar-refractivity contribution in [1.82, 2.24) is 0 Å². The molecule has 0 N–H and O–H groups in total. The zero-order valence-electron chi connectivity index (χ0n) is 5.17. The zero-order chi connectivity index (χ0) is 5.82. The second kappa shape index (κ2) is 3.20. The predicted molar refractivity (Wildman–Crippen MR) is 38.3 cm³/mol. The molecule has 0 saturated carbocycles. The summed E-state index contributed by atoms with van der Waals surface area (Å²) in [5.41, 5.74) is 0. The van der Waals surface area contributed by atoms with Gasteiger partial charge in [-0.15, -0.1) is 0 Å². The summed E-state index contributed by atoms with van der Waals surface area (Å²) in [5, 5.41) is 0. The van der Waals surface area contributed by atoms with E-state index >= 15 is 0 Å². The van der Waals surface area contributed by atoms with Gasteiger partial charge in [0.1, 0.15) is 0 Å². The summed E-state index contributed by atoms with van der Waals surface area (Å²) in [6.45, 7) is 2.29. The molecule has 0 bridgehead atoms. The molecule has 0 heterocycles. The van der Waals surface area contributed by atoms with Crippen molar-refractivity contribution < 1.29 is 0 Å². The topological polar surface area (TPSA) is 0 Å². The van der Waals surface area contributed by atoms with Crippen molar-refractivity contribution >= 4 is 17.4 Å². The normalized spacial score (nSPS) is 18.1. The van der Waals surface area contributed by atoms with Gasteiger partial charge in [-0.05, 0) is 0 Å². The molecule has 0 fully saturated rings. The SMILES string of the molecule is C[CH2][Ga-][CH]1C=CC=C1. The van der Waals surface area contributed by atoms with Crippen LogP contribution in [-0.4, -0.2) is 17.4 Å². The first-order valence-electron chi connectivity index (χ1n) is 3.12. The Bertz CT molecular complexity index is 102. The van der Waals surface area contributed by atoms with E-state index in [0.29, 0.717) is 0 Å². The Balaban J connectivity index is 2.27. The Morgan fingerprint density at radius 1 is 1.38 bits per heavy atom. The molecule has 0 atom stereocenters. The Hall–Kier alpha value is 0.116. The first-order valence-corrected chi connectivity index (χ1v) is 6.23. The third-order valence-electron chi connectivity index (χ3n) is 1.29. The average molecular weight is 164 g/mol. The minimum absolute atomic E-state index is 0.0885. The Kier molecular flexibility index (Phi) is 2.50. The molecule has 0 amide bonds. The van der Waals surface area contributed by atoms with Crippen LogP contribution in [0.1, 0.15) is 6.92 Å². The molecule has 2 radical (unpaired) electrons. The van der Waals surface area contributed by atoms with Crippen LogP contribution in [0, 0.1) is 0 Å². The van der Waals surface area contributed by atoms with Crippen LogP contribution in [0.3, 0.4) is 0 Å². The van der Waals surface area contributed by atoms with Gasteiger partial charge in [0.05, 0.1) is 0 Å². The standard InChI is InChI=1S/C5H5.C2H5.Ga/c1-2-4-5-3-1;1-2;/h1-5H;1H2,2H3;/q;;-1. The van der Waals surface area contributed by atoms with Gasteiger partial charge in [-0.3, -0.25) is 0 Å². The first kappa shape index (κ1) is 6.24. The van der Waals surface area contributed by atoms with Gasteiger partial charge in [0, 0.05) is 0 Å². The second-order valence-electron chi connectivity index (χ2n) is 1.99. The molecule has 1 aliphatic rings. The summed E-state index contributed by atoms with van der Waals surface area (Å²) >= 11 is 0.0885. The maximum atomic E-state index is 2.32. The van der Waals surface area contributed by atoms with Crippen LogP contribution in [-0.2, 0) is 0 Å². The Morgan fingerprint density at radius 3 is 2.50 bits per heavy atom. The third kappa shape index (κ3) is 1.56. The molecule has 1 aliphatic carbocycles. The summed E-state index contributed by atoms with van der Waals surface area (Å²) < 4.78 is 0.906. The molecule has 0 spiro atoms. The number of rotatable bonds is 2. The van der Waals surface area contributed by atoms with Gasteiger partial charge < -0.3 is 0 Å². The van der Waals surface area contributed by atoms with E-state index in [0.717, 1.165) is 4.47 Å². The van der Waals surface area contributed by atoms with Gasteiger partial charge in [-0.2, -0.15) is 0 Å². The molecular weight excluding hydrogens is 154 g/mol. The van der Waals surface area contributed by atoms with E-state index in [9.17, 15) is 0 Å². The van der Waals surface area contributed by atoms with Crippen molar-refractivity contribution in [3.63, 3.8) is 0 Å². The molecule has 0 unspecified atom stereocenters. The zero-order valence-corrected chi connectivity index (χ0v) is 7.59. The first-order chi connectivity index (χ1) is 3.93. The van der Waals surface area contributed by atoms with Crippen molar-refractivity contribution in [3.8, 4) is 0 Å². The molecule has 0 saturated heterocycles. The molecule has 0 nitrogen and oxygen atoms in total. The molecule has 0 aromatic rings. The summed E-state index contributed by atoms with van der Waals surface area (Å²) in [4.78, 5) is 1.45. The van der Waals surface area contributed by atoms with Crippen LogP contribution < -0.4 is 0 Å².